The van der Waals surface area contributed by atoms with Crippen LogP contribution in [0.1, 0.15) is 24.1 Å². The van der Waals surface area contributed by atoms with Gasteiger partial charge in [-0.1, -0.05) is 0 Å². The summed E-state index contributed by atoms with van der Waals surface area (Å²) in [6.45, 7) is 3.51. The Morgan fingerprint density at radius 2 is 2.10 bits per heavy atom. The molecule has 29 heavy (non-hydrogen) atoms. The SMILES string of the molecule is CO[C@H]1C[C@@H]2CN(c3ccncc3F)C[C@@H]2C[C@@H]1NC(=O)Cc1cn(C)nc1C. The van der Waals surface area contributed by atoms with Crippen molar-refractivity contribution in [2.75, 3.05) is 25.1 Å². The van der Waals surface area contributed by atoms with Crippen LogP contribution in [0.3, 0.4) is 0 Å². The molecule has 2 aromatic heterocycles. The number of pyridine rings is 1. The number of carbonyl (C=O) groups excluding carboxylic acids is 1. The highest BCUT2D eigenvalue weighted by atomic mass is 19.1. The molecule has 1 saturated heterocycles. The maximum atomic E-state index is 14.2. The quantitative estimate of drug-likeness (QED) is 0.828. The van der Waals surface area contributed by atoms with Crippen molar-refractivity contribution in [3.05, 3.63) is 41.7 Å². The van der Waals surface area contributed by atoms with Crippen molar-refractivity contribution in [2.24, 2.45) is 18.9 Å². The molecular formula is C21H28FN5O2. The van der Waals surface area contributed by atoms with Gasteiger partial charge in [-0.25, -0.2) is 4.39 Å². The number of ether oxygens (including phenoxy) is 1. The number of aromatic nitrogens is 3. The molecule has 1 saturated carbocycles. The highest BCUT2D eigenvalue weighted by Gasteiger charge is 2.43. The van der Waals surface area contributed by atoms with Crippen LogP contribution in [-0.2, 0) is 23.0 Å². The fraction of sp³-hybridized carbons (Fsp3) is 0.571. The first kappa shape index (κ1) is 19.8. The molecule has 4 rings (SSSR count). The van der Waals surface area contributed by atoms with Crippen LogP contribution in [0, 0.1) is 24.6 Å². The van der Waals surface area contributed by atoms with E-state index in [-0.39, 0.29) is 23.9 Å². The topological polar surface area (TPSA) is 72.3 Å². The second kappa shape index (κ2) is 8.10. The number of anilines is 1. The number of fused-ring (bicyclic) bond motifs is 1. The van der Waals surface area contributed by atoms with Crippen molar-refractivity contribution < 1.29 is 13.9 Å². The van der Waals surface area contributed by atoms with Crippen LogP contribution < -0.4 is 10.2 Å². The van der Waals surface area contributed by atoms with Gasteiger partial charge < -0.3 is 15.0 Å². The van der Waals surface area contributed by atoms with Crippen molar-refractivity contribution in [1.82, 2.24) is 20.1 Å². The number of carbonyl (C=O) groups is 1. The fourth-order valence-corrected chi connectivity index (χ4v) is 4.90. The lowest BCUT2D eigenvalue weighted by Gasteiger charge is -2.37. The molecule has 1 N–H and O–H groups in total. The maximum absolute atomic E-state index is 14.2. The van der Waals surface area contributed by atoms with E-state index in [2.05, 4.69) is 20.3 Å². The molecule has 1 aliphatic heterocycles. The minimum atomic E-state index is -0.286. The molecule has 2 aromatic rings. The van der Waals surface area contributed by atoms with E-state index in [0.29, 0.717) is 23.9 Å². The van der Waals surface area contributed by atoms with Crippen LogP contribution in [0.5, 0.6) is 0 Å². The predicted octanol–water partition coefficient (Wildman–Crippen LogP) is 1.85. The summed E-state index contributed by atoms with van der Waals surface area (Å²) in [5, 5.41) is 7.48. The highest BCUT2D eigenvalue weighted by Crippen LogP contribution is 2.39. The van der Waals surface area contributed by atoms with Gasteiger partial charge in [0.25, 0.3) is 0 Å². The third-order valence-electron chi connectivity index (χ3n) is 6.32. The summed E-state index contributed by atoms with van der Waals surface area (Å²) in [4.78, 5) is 18.6. The van der Waals surface area contributed by atoms with Gasteiger partial charge in [-0.3, -0.25) is 14.5 Å². The van der Waals surface area contributed by atoms with Crippen LogP contribution in [0.2, 0.25) is 0 Å². The summed E-state index contributed by atoms with van der Waals surface area (Å²) in [7, 11) is 3.55. The normalized spacial score (nSPS) is 26.4. The van der Waals surface area contributed by atoms with E-state index in [1.54, 1.807) is 24.1 Å². The van der Waals surface area contributed by atoms with E-state index in [9.17, 15) is 9.18 Å². The molecule has 0 bridgehead atoms. The smallest absolute Gasteiger partial charge is 0.224 e. The third kappa shape index (κ3) is 4.12. The first-order valence-corrected chi connectivity index (χ1v) is 10.1. The minimum Gasteiger partial charge on any atom is -0.379 e. The molecule has 156 valence electrons. The Hall–Kier alpha value is -2.48. The van der Waals surface area contributed by atoms with Gasteiger partial charge in [-0.2, -0.15) is 5.10 Å². The Balaban J connectivity index is 1.41. The van der Waals surface area contributed by atoms with E-state index in [4.69, 9.17) is 4.74 Å². The molecule has 4 atom stereocenters. The molecule has 7 nitrogen and oxygen atoms in total. The van der Waals surface area contributed by atoms with Crippen LogP contribution >= 0.6 is 0 Å². The Labute approximate surface area is 170 Å². The maximum Gasteiger partial charge on any atom is 0.224 e. The van der Waals surface area contributed by atoms with Crippen molar-refractivity contribution in [1.29, 1.82) is 0 Å². The van der Waals surface area contributed by atoms with E-state index in [1.807, 2.05) is 20.2 Å². The van der Waals surface area contributed by atoms with Crippen LogP contribution in [0.4, 0.5) is 10.1 Å². The van der Waals surface area contributed by atoms with E-state index < -0.39 is 0 Å². The largest absolute Gasteiger partial charge is 0.379 e. The molecular weight excluding hydrogens is 373 g/mol. The van der Waals surface area contributed by atoms with Gasteiger partial charge in [0.2, 0.25) is 5.91 Å². The summed E-state index contributed by atoms with van der Waals surface area (Å²) < 4.78 is 21.6. The predicted molar refractivity (Wildman–Crippen MR) is 107 cm³/mol. The second-order valence-electron chi connectivity index (χ2n) is 8.26. The zero-order valence-corrected chi connectivity index (χ0v) is 17.1. The number of amides is 1. The van der Waals surface area contributed by atoms with Gasteiger partial charge in [-0.15, -0.1) is 0 Å². The molecule has 2 fully saturated rings. The van der Waals surface area contributed by atoms with Crippen molar-refractivity contribution in [3.8, 4) is 0 Å². The summed E-state index contributed by atoms with van der Waals surface area (Å²) >= 11 is 0. The molecule has 1 aliphatic carbocycles. The lowest BCUT2D eigenvalue weighted by Crippen LogP contribution is -2.50. The van der Waals surface area contributed by atoms with E-state index >= 15 is 0 Å². The number of nitrogens with one attached hydrogen (secondary N) is 1. The second-order valence-corrected chi connectivity index (χ2v) is 8.26. The molecule has 0 aromatic carbocycles. The highest BCUT2D eigenvalue weighted by molar-refractivity contribution is 5.79. The molecule has 0 unspecified atom stereocenters. The van der Waals surface area contributed by atoms with Crippen LogP contribution in [0.15, 0.2) is 24.7 Å². The first-order valence-electron chi connectivity index (χ1n) is 10.1. The van der Waals surface area contributed by atoms with Crippen molar-refractivity contribution >= 4 is 11.6 Å². The number of hydrogen-bond acceptors (Lipinski definition) is 5. The molecule has 3 heterocycles. The molecule has 1 amide bonds. The number of aryl methyl sites for hydroxylation is 2. The van der Waals surface area contributed by atoms with Crippen molar-refractivity contribution in [2.45, 2.75) is 38.3 Å². The number of rotatable bonds is 5. The van der Waals surface area contributed by atoms with Gasteiger partial charge in [0, 0.05) is 45.2 Å². The Kier molecular flexibility index (Phi) is 5.54. The van der Waals surface area contributed by atoms with Gasteiger partial charge in [-0.05, 0) is 37.7 Å². The Morgan fingerprint density at radius 3 is 2.76 bits per heavy atom. The average molecular weight is 401 g/mol. The lowest BCUT2D eigenvalue weighted by atomic mass is 9.77. The van der Waals surface area contributed by atoms with Crippen molar-refractivity contribution in [3.63, 3.8) is 0 Å². The van der Waals surface area contributed by atoms with Gasteiger partial charge >= 0.3 is 0 Å². The van der Waals surface area contributed by atoms with E-state index in [1.165, 1.54) is 6.20 Å². The summed E-state index contributed by atoms with van der Waals surface area (Å²) in [5.41, 5.74) is 2.42. The minimum absolute atomic E-state index is 0.0124. The molecule has 0 radical (unpaired) electrons. The average Bonchev–Trinajstić information content (AvgIpc) is 3.23. The molecule has 8 heteroatoms. The number of hydrogen-bond donors (Lipinski definition) is 1. The monoisotopic (exact) mass is 401 g/mol. The van der Waals surface area contributed by atoms with Gasteiger partial charge in [0.15, 0.2) is 5.82 Å². The Morgan fingerprint density at radius 1 is 1.34 bits per heavy atom. The third-order valence-corrected chi connectivity index (χ3v) is 6.32. The summed E-state index contributed by atoms with van der Waals surface area (Å²) in [6.07, 6.45) is 6.76. The zero-order chi connectivity index (χ0) is 20.5. The Bertz CT molecular complexity index is 886. The van der Waals surface area contributed by atoms with Gasteiger partial charge in [0.05, 0.1) is 36.1 Å². The van der Waals surface area contributed by atoms with Crippen LogP contribution in [-0.4, -0.2) is 53.0 Å². The van der Waals surface area contributed by atoms with Crippen LogP contribution in [0.25, 0.3) is 0 Å². The number of halogens is 1. The molecule has 2 aliphatic rings. The summed E-state index contributed by atoms with van der Waals surface area (Å²) in [5.74, 6) is 0.536. The number of nitrogens with zero attached hydrogens (tertiary/aromatic N) is 4. The first-order chi connectivity index (χ1) is 13.9. The fourth-order valence-electron chi connectivity index (χ4n) is 4.90. The lowest BCUT2D eigenvalue weighted by molar-refractivity contribution is -0.123. The van der Waals surface area contributed by atoms with E-state index in [0.717, 1.165) is 37.2 Å². The van der Waals surface area contributed by atoms with Gasteiger partial charge in [0.1, 0.15) is 0 Å². The zero-order valence-electron chi connectivity index (χ0n) is 17.1. The molecule has 0 spiro atoms. The standard InChI is InChI=1S/C21H28FN5O2/c1-13-14(10-26(2)25-13)8-21(28)24-18-6-15-11-27(12-16(15)7-20(18)29-3)19-4-5-23-9-17(19)22/h4-5,9-10,15-16,18,20H,6-8,11-12H2,1-3H3,(H,24,28)/t15-,16+,18-,20-/m0/s1. The summed E-state index contributed by atoms with van der Waals surface area (Å²) in [6, 6.07) is 1.70. The number of methoxy groups -OCH3 is 1.